The minimum Gasteiger partial charge on any atom is -0.393 e. The summed E-state index contributed by atoms with van der Waals surface area (Å²) < 4.78 is 70.2. The van der Waals surface area contributed by atoms with E-state index in [0.29, 0.717) is 29.1 Å². The molecule has 5 fully saturated rings. The van der Waals surface area contributed by atoms with E-state index in [1.807, 2.05) is 6.07 Å². The zero-order valence-corrected chi connectivity index (χ0v) is 28.3. The zero-order chi connectivity index (χ0) is 32.4. The molecule has 1 aromatic carbocycles. The van der Waals surface area contributed by atoms with Gasteiger partial charge in [-0.3, -0.25) is 0 Å². The molecule has 1 aromatic rings. The summed E-state index contributed by atoms with van der Waals surface area (Å²) in [5, 5.41) is 21.4. The smallest absolute Gasteiger partial charge is 0.393 e. The second-order valence-electron chi connectivity index (χ2n) is 16.6. The molecule has 0 amide bonds. The summed E-state index contributed by atoms with van der Waals surface area (Å²) >= 11 is 0. The lowest BCUT2D eigenvalue weighted by Gasteiger charge is -2.62. The third-order valence-electron chi connectivity index (χ3n) is 14.7. The van der Waals surface area contributed by atoms with Crippen LogP contribution in [0.15, 0.2) is 35.2 Å². The predicted molar refractivity (Wildman–Crippen MR) is 170 cm³/mol. The third-order valence-corrected chi connectivity index (χ3v) is 17.0. The van der Waals surface area contributed by atoms with Gasteiger partial charge in [0.25, 0.3) is 0 Å². The molecule has 4 nitrogen and oxygen atoms in total. The first-order valence-electron chi connectivity index (χ1n) is 17.9. The molecule has 11 atom stereocenters. The summed E-state index contributed by atoms with van der Waals surface area (Å²) in [5.74, 6) is 1.31. The van der Waals surface area contributed by atoms with Crippen LogP contribution in [0.5, 0.6) is 0 Å². The van der Waals surface area contributed by atoms with Crippen molar-refractivity contribution in [2.45, 2.75) is 145 Å². The summed E-state index contributed by atoms with van der Waals surface area (Å²) in [6.07, 6.45) is 5.87. The number of aliphatic hydroxyl groups is 2. The second-order valence-corrected chi connectivity index (χ2v) is 18.7. The van der Waals surface area contributed by atoms with Crippen molar-refractivity contribution < 1.29 is 31.8 Å². The van der Waals surface area contributed by atoms with Crippen LogP contribution in [0.1, 0.15) is 117 Å². The first-order chi connectivity index (χ1) is 21.1. The molecule has 254 valence electrons. The van der Waals surface area contributed by atoms with Crippen LogP contribution in [0.4, 0.5) is 13.2 Å². The van der Waals surface area contributed by atoms with Crippen molar-refractivity contribution in [2.24, 2.45) is 52.3 Å². The van der Waals surface area contributed by atoms with E-state index in [1.54, 1.807) is 24.3 Å². The average Bonchev–Trinajstić information content (AvgIpc) is 3.37. The van der Waals surface area contributed by atoms with Gasteiger partial charge >= 0.3 is 6.18 Å². The number of hydrogen-bond donors (Lipinski definition) is 2. The summed E-state index contributed by atoms with van der Waals surface area (Å²) in [6, 6.07) is 8.77. The Labute approximate surface area is 268 Å². The van der Waals surface area contributed by atoms with Gasteiger partial charge in [0.2, 0.25) is 0 Å². The van der Waals surface area contributed by atoms with Crippen molar-refractivity contribution in [3.63, 3.8) is 0 Å². The third kappa shape index (κ3) is 5.72. The Morgan fingerprint density at radius 2 is 1.53 bits per heavy atom. The average molecular weight is 653 g/mol. The zero-order valence-electron chi connectivity index (χ0n) is 27.4. The van der Waals surface area contributed by atoms with E-state index in [-0.39, 0.29) is 53.8 Å². The van der Waals surface area contributed by atoms with Gasteiger partial charge in [0.15, 0.2) is 15.4 Å². The number of halogens is 3. The summed E-state index contributed by atoms with van der Waals surface area (Å²) in [6.45, 7) is 6.71. The quantitative estimate of drug-likeness (QED) is 0.309. The van der Waals surface area contributed by atoms with Crippen molar-refractivity contribution in [3.8, 4) is 0 Å². The van der Waals surface area contributed by atoms with Gasteiger partial charge in [-0.25, -0.2) is 8.42 Å². The maximum absolute atomic E-state index is 14.4. The van der Waals surface area contributed by atoms with Crippen LogP contribution < -0.4 is 0 Å². The van der Waals surface area contributed by atoms with Crippen molar-refractivity contribution in [1.29, 1.82) is 0 Å². The molecule has 0 radical (unpaired) electrons. The Kier molecular flexibility index (Phi) is 9.07. The fourth-order valence-corrected chi connectivity index (χ4v) is 14.1. The van der Waals surface area contributed by atoms with E-state index in [0.717, 1.165) is 64.2 Å². The van der Waals surface area contributed by atoms with E-state index >= 15 is 0 Å². The maximum Gasteiger partial charge on any atom is 0.417 e. The standard InChI is InChI=1S/C37H55F3O4S/c1-24(33(22-32(41)25-10-6-4-7-11-25)45(43,44)27-12-8-5-9-13-27)29-16-17-30-28-15-14-26-23-36(42,37(38,39)40)21-20-34(26,2)31(28)18-19-35(29,30)3/h5,8-9,12-13,24-26,28-33,41-42H,4,6-7,10-11,14-23H2,1-3H3/t24-,26?,28-,29?,30-,31-,32-,33?,34-,35+,36-/m0/s1. The van der Waals surface area contributed by atoms with E-state index in [2.05, 4.69) is 20.8 Å². The van der Waals surface area contributed by atoms with Gasteiger partial charge in [0.05, 0.1) is 16.2 Å². The molecule has 0 heterocycles. The Hall–Kier alpha value is -1.12. The van der Waals surface area contributed by atoms with E-state index in [9.17, 15) is 31.8 Å². The molecule has 0 spiro atoms. The molecule has 2 N–H and O–H groups in total. The van der Waals surface area contributed by atoms with Gasteiger partial charge < -0.3 is 10.2 Å². The van der Waals surface area contributed by atoms with E-state index in [1.165, 1.54) is 6.42 Å². The van der Waals surface area contributed by atoms with Crippen LogP contribution in [0.3, 0.4) is 0 Å². The molecule has 5 saturated carbocycles. The van der Waals surface area contributed by atoms with Crippen molar-refractivity contribution in [3.05, 3.63) is 30.3 Å². The maximum atomic E-state index is 14.4. The molecule has 6 rings (SSSR count). The van der Waals surface area contributed by atoms with Gasteiger partial charge in [-0.1, -0.05) is 58.2 Å². The normalized spacial score (nSPS) is 41.4. The highest BCUT2D eigenvalue weighted by atomic mass is 32.2. The fraction of sp³-hybridized carbons (Fsp3) is 0.838. The number of sulfone groups is 1. The highest BCUT2D eigenvalue weighted by Gasteiger charge is 2.65. The fourth-order valence-electron chi connectivity index (χ4n) is 12.0. The Morgan fingerprint density at radius 1 is 0.867 bits per heavy atom. The molecular formula is C37H55F3O4S. The minimum atomic E-state index is -4.59. The van der Waals surface area contributed by atoms with Crippen molar-refractivity contribution in [1.82, 2.24) is 0 Å². The lowest BCUT2D eigenvalue weighted by Crippen LogP contribution is -2.59. The predicted octanol–water partition coefficient (Wildman–Crippen LogP) is 8.75. The molecule has 0 bridgehead atoms. The highest BCUT2D eigenvalue weighted by molar-refractivity contribution is 7.92. The van der Waals surface area contributed by atoms with Gasteiger partial charge in [-0.05, 0) is 141 Å². The number of benzene rings is 1. The van der Waals surface area contributed by atoms with Crippen LogP contribution in [0.2, 0.25) is 0 Å². The van der Waals surface area contributed by atoms with Crippen molar-refractivity contribution in [2.75, 3.05) is 0 Å². The number of aliphatic hydroxyl groups excluding tert-OH is 1. The molecule has 8 heteroatoms. The first kappa shape index (κ1) is 33.8. The van der Waals surface area contributed by atoms with Crippen LogP contribution in [-0.2, 0) is 9.84 Å². The van der Waals surface area contributed by atoms with Crippen LogP contribution in [-0.4, -0.2) is 41.8 Å². The number of alkyl halides is 3. The second kappa shape index (κ2) is 12.1. The molecule has 0 aromatic heterocycles. The monoisotopic (exact) mass is 652 g/mol. The van der Waals surface area contributed by atoms with Crippen LogP contribution in [0, 0.1) is 52.3 Å². The molecular weight excluding hydrogens is 597 g/mol. The molecule has 0 aliphatic heterocycles. The van der Waals surface area contributed by atoms with Crippen LogP contribution >= 0.6 is 0 Å². The lowest BCUT2D eigenvalue weighted by molar-refractivity contribution is -0.290. The summed E-state index contributed by atoms with van der Waals surface area (Å²) in [7, 11) is -3.68. The van der Waals surface area contributed by atoms with Gasteiger partial charge in [0, 0.05) is 0 Å². The van der Waals surface area contributed by atoms with E-state index in [4.69, 9.17) is 0 Å². The van der Waals surface area contributed by atoms with Crippen molar-refractivity contribution >= 4 is 9.84 Å². The number of fused-ring (bicyclic) bond motifs is 5. The molecule has 5 aliphatic rings. The summed E-state index contributed by atoms with van der Waals surface area (Å²) in [4.78, 5) is 0.337. The first-order valence-corrected chi connectivity index (χ1v) is 19.4. The Morgan fingerprint density at radius 3 is 2.20 bits per heavy atom. The molecule has 0 saturated heterocycles. The van der Waals surface area contributed by atoms with Gasteiger partial charge in [-0.2, -0.15) is 13.2 Å². The molecule has 5 aliphatic carbocycles. The minimum absolute atomic E-state index is 0.0363. The van der Waals surface area contributed by atoms with Gasteiger partial charge in [0.1, 0.15) is 0 Å². The Bertz CT molecular complexity index is 1300. The lowest BCUT2D eigenvalue weighted by atomic mass is 9.43. The molecule has 3 unspecified atom stereocenters. The van der Waals surface area contributed by atoms with E-state index < -0.39 is 33.0 Å². The number of rotatable bonds is 7. The van der Waals surface area contributed by atoms with Crippen LogP contribution in [0.25, 0.3) is 0 Å². The SMILES string of the molecule is C[C@@H](C1CC[C@H]2[C@@H]3CCC4C[C@](O)(C(F)(F)F)CC[C@]4(C)[C@H]3CC[C@]12C)C(C[C@H](O)C1CCCCC1)S(=O)(=O)c1ccccc1. The molecule has 45 heavy (non-hydrogen) atoms. The summed E-state index contributed by atoms with van der Waals surface area (Å²) in [5.41, 5.74) is -2.80. The highest BCUT2D eigenvalue weighted by Crippen LogP contribution is 2.69. The number of hydrogen-bond acceptors (Lipinski definition) is 4. The van der Waals surface area contributed by atoms with Gasteiger partial charge in [-0.15, -0.1) is 0 Å². The largest absolute Gasteiger partial charge is 0.417 e. The topological polar surface area (TPSA) is 74.6 Å². The Balaban J connectivity index is 1.25.